The van der Waals surface area contributed by atoms with Gasteiger partial charge in [0.05, 0.1) is 11.2 Å². The second kappa shape index (κ2) is 10.2. The maximum atomic E-state index is 5.22. The van der Waals surface area contributed by atoms with Crippen molar-refractivity contribution in [3.05, 3.63) is 150 Å². The number of amidine groups is 1. The Bertz CT molecular complexity index is 2310. The first-order chi connectivity index (χ1) is 21.8. The Balaban J connectivity index is 1.23. The smallest absolute Gasteiger partial charge is 0.211 e. The first-order valence-corrected chi connectivity index (χ1v) is 15.9. The Kier molecular flexibility index (Phi) is 5.84. The second-order valence-electron chi connectivity index (χ2n) is 11.4. The van der Waals surface area contributed by atoms with Gasteiger partial charge in [-0.2, -0.15) is 0 Å². The van der Waals surface area contributed by atoms with Crippen LogP contribution in [0.3, 0.4) is 0 Å². The number of thiophene rings is 1. The molecule has 0 amide bonds. The average Bonchev–Trinajstić information content (AvgIpc) is 3.64. The van der Waals surface area contributed by atoms with E-state index in [1.54, 1.807) is 0 Å². The largest absolute Gasteiger partial charge is 0.310 e. The van der Waals surface area contributed by atoms with Crippen LogP contribution < -0.4 is 5.32 Å². The summed E-state index contributed by atoms with van der Waals surface area (Å²) >= 11 is 1.88. The van der Waals surface area contributed by atoms with E-state index in [4.69, 9.17) is 9.98 Å². The Morgan fingerprint density at radius 1 is 0.705 bits per heavy atom. The number of allylic oxidation sites excluding steroid dienone is 1. The molecule has 5 aromatic carbocycles. The summed E-state index contributed by atoms with van der Waals surface area (Å²) in [4.78, 5) is 10.3. The van der Waals surface area contributed by atoms with E-state index in [-0.39, 0.29) is 6.17 Å². The van der Waals surface area contributed by atoms with Crippen LogP contribution in [0.1, 0.15) is 35.0 Å². The van der Waals surface area contributed by atoms with Gasteiger partial charge in [-0.3, -0.25) is 4.57 Å². The molecule has 7 aromatic rings. The number of hydrogen-bond donors (Lipinski definition) is 1. The standard InChI is InChI=1S/C39H28N4S/c1-3-12-25(13-4-1)37-40-38(26-14-5-2-6-15-26)42-39(41-37)43-33-20-9-7-16-29(33)32-24-27(22-23-34(32)43)28-18-11-19-31-30-17-8-10-21-35(30)44-36(28)31/h1-6,8-15,17-24,37H,7,16H2,(H,40,41,42). The van der Waals surface area contributed by atoms with Crippen LogP contribution in [0.25, 0.3) is 48.3 Å². The summed E-state index contributed by atoms with van der Waals surface area (Å²) < 4.78 is 4.97. The van der Waals surface area contributed by atoms with Crippen molar-refractivity contribution < 1.29 is 0 Å². The third-order valence-corrected chi connectivity index (χ3v) is 9.97. The molecule has 1 N–H and O–H groups in total. The van der Waals surface area contributed by atoms with Crippen molar-refractivity contribution in [3.63, 3.8) is 0 Å². The number of aromatic nitrogens is 1. The minimum atomic E-state index is -0.340. The number of benzene rings is 5. The summed E-state index contributed by atoms with van der Waals surface area (Å²) in [7, 11) is 0. The molecule has 2 aliphatic rings. The zero-order chi connectivity index (χ0) is 29.0. The van der Waals surface area contributed by atoms with Gasteiger partial charge in [0.1, 0.15) is 5.84 Å². The van der Waals surface area contributed by atoms with Crippen molar-refractivity contribution in [2.45, 2.75) is 19.0 Å². The second-order valence-corrected chi connectivity index (χ2v) is 12.4. The number of aliphatic imine (C=N–C) groups is 2. The van der Waals surface area contributed by atoms with Crippen LogP contribution in [0.15, 0.2) is 137 Å². The van der Waals surface area contributed by atoms with Crippen LogP contribution in [0, 0.1) is 0 Å². The highest BCUT2D eigenvalue weighted by Gasteiger charge is 2.26. The molecule has 0 fully saturated rings. The lowest BCUT2D eigenvalue weighted by Gasteiger charge is -2.24. The molecule has 44 heavy (non-hydrogen) atoms. The summed E-state index contributed by atoms with van der Waals surface area (Å²) in [5.74, 6) is 1.62. The van der Waals surface area contributed by atoms with Crippen LogP contribution in [-0.2, 0) is 6.42 Å². The predicted octanol–water partition coefficient (Wildman–Crippen LogP) is 9.59. The fourth-order valence-electron chi connectivity index (χ4n) is 6.67. The lowest BCUT2D eigenvalue weighted by atomic mass is 9.97. The molecule has 1 atom stereocenters. The quantitative estimate of drug-likeness (QED) is 0.221. The number of nitrogens with one attached hydrogen (secondary N) is 1. The van der Waals surface area contributed by atoms with Gasteiger partial charge in [0.15, 0.2) is 6.17 Å². The Hall–Kier alpha value is -5.26. The molecule has 1 aliphatic carbocycles. The van der Waals surface area contributed by atoms with E-state index >= 15 is 0 Å². The van der Waals surface area contributed by atoms with Crippen LogP contribution in [-0.4, -0.2) is 16.4 Å². The average molecular weight is 585 g/mol. The molecular weight excluding hydrogens is 557 g/mol. The van der Waals surface area contributed by atoms with Crippen molar-refractivity contribution in [2.75, 3.05) is 0 Å². The maximum Gasteiger partial charge on any atom is 0.211 e. The minimum absolute atomic E-state index is 0.340. The molecule has 2 aromatic heterocycles. The highest BCUT2D eigenvalue weighted by molar-refractivity contribution is 7.26. The van der Waals surface area contributed by atoms with Crippen LogP contribution in [0.2, 0.25) is 0 Å². The first-order valence-electron chi connectivity index (χ1n) is 15.1. The third kappa shape index (κ3) is 4.04. The highest BCUT2D eigenvalue weighted by Crippen LogP contribution is 2.41. The van der Waals surface area contributed by atoms with Gasteiger partial charge in [-0.05, 0) is 59.4 Å². The van der Waals surface area contributed by atoms with Gasteiger partial charge in [-0.15, -0.1) is 11.3 Å². The van der Waals surface area contributed by atoms with Gasteiger partial charge in [0, 0.05) is 31.1 Å². The van der Waals surface area contributed by atoms with Gasteiger partial charge < -0.3 is 5.32 Å². The van der Waals surface area contributed by atoms with E-state index in [1.165, 1.54) is 47.9 Å². The van der Waals surface area contributed by atoms with Gasteiger partial charge >= 0.3 is 0 Å². The molecule has 0 spiro atoms. The van der Waals surface area contributed by atoms with E-state index in [0.29, 0.717) is 0 Å². The third-order valence-electron chi connectivity index (χ3n) is 8.75. The lowest BCUT2D eigenvalue weighted by Crippen LogP contribution is -2.40. The highest BCUT2D eigenvalue weighted by atomic mass is 32.1. The monoisotopic (exact) mass is 584 g/mol. The number of hydrogen-bond acceptors (Lipinski definition) is 4. The van der Waals surface area contributed by atoms with Gasteiger partial charge in [-0.1, -0.05) is 109 Å². The molecule has 4 nitrogen and oxygen atoms in total. The van der Waals surface area contributed by atoms with Gasteiger partial charge in [0.25, 0.3) is 0 Å². The van der Waals surface area contributed by atoms with Crippen LogP contribution >= 0.6 is 11.3 Å². The summed E-state index contributed by atoms with van der Waals surface area (Å²) in [6.07, 6.45) is 6.24. The summed E-state index contributed by atoms with van der Waals surface area (Å²) in [5.41, 5.74) is 8.36. The SMILES string of the molecule is C1=Cc2c(c3cc(-c4cccc5c4sc4ccccc45)ccc3n2C2=NC(c3ccccc3)N=C(c3ccccc3)N2)CC1. The maximum absolute atomic E-state index is 5.22. The number of aryl methyl sites for hydroxylation is 1. The van der Waals surface area contributed by atoms with E-state index in [0.717, 1.165) is 41.3 Å². The molecule has 0 saturated carbocycles. The van der Waals surface area contributed by atoms with Gasteiger partial charge in [0.2, 0.25) is 5.96 Å². The van der Waals surface area contributed by atoms with Crippen molar-refractivity contribution in [3.8, 4) is 11.1 Å². The summed E-state index contributed by atoms with van der Waals surface area (Å²) in [6, 6.07) is 43.1. The normalized spacial score (nSPS) is 16.1. The van der Waals surface area contributed by atoms with Gasteiger partial charge in [-0.25, -0.2) is 9.98 Å². The Labute approximate surface area is 259 Å². The Morgan fingerprint density at radius 3 is 2.39 bits per heavy atom. The molecule has 0 bridgehead atoms. The molecule has 0 saturated heterocycles. The zero-order valence-corrected chi connectivity index (χ0v) is 24.8. The fourth-order valence-corrected chi connectivity index (χ4v) is 7.91. The molecular formula is C39H28N4S. The minimum Gasteiger partial charge on any atom is -0.310 e. The molecule has 210 valence electrons. The summed E-state index contributed by atoms with van der Waals surface area (Å²) in [5, 5.41) is 7.57. The van der Waals surface area contributed by atoms with E-state index in [2.05, 4.69) is 131 Å². The zero-order valence-electron chi connectivity index (χ0n) is 23.9. The van der Waals surface area contributed by atoms with E-state index < -0.39 is 0 Å². The predicted molar refractivity (Wildman–Crippen MR) is 186 cm³/mol. The lowest BCUT2D eigenvalue weighted by molar-refractivity contribution is 0.742. The molecule has 5 heteroatoms. The van der Waals surface area contributed by atoms with E-state index in [9.17, 15) is 0 Å². The molecule has 0 radical (unpaired) electrons. The number of fused-ring (bicyclic) bond motifs is 6. The molecule has 3 heterocycles. The fraction of sp³-hybridized carbons (Fsp3) is 0.0769. The molecule has 1 aliphatic heterocycles. The van der Waals surface area contributed by atoms with Crippen molar-refractivity contribution in [2.24, 2.45) is 9.98 Å². The summed E-state index contributed by atoms with van der Waals surface area (Å²) in [6.45, 7) is 0. The Morgan fingerprint density at radius 2 is 1.50 bits per heavy atom. The molecule has 9 rings (SSSR count). The van der Waals surface area contributed by atoms with Crippen molar-refractivity contribution in [1.29, 1.82) is 0 Å². The van der Waals surface area contributed by atoms with E-state index in [1.807, 2.05) is 23.5 Å². The number of nitrogens with zero attached hydrogens (tertiary/aromatic N) is 3. The topological polar surface area (TPSA) is 41.7 Å². The van der Waals surface area contributed by atoms with Crippen molar-refractivity contribution >= 4 is 60.3 Å². The first kappa shape index (κ1) is 25.3. The molecule has 1 unspecified atom stereocenters. The number of rotatable bonds is 3. The van der Waals surface area contributed by atoms with Crippen LogP contribution in [0.4, 0.5) is 0 Å². The van der Waals surface area contributed by atoms with Crippen molar-refractivity contribution in [1.82, 2.24) is 9.88 Å². The van der Waals surface area contributed by atoms with Crippen LogP contribution in [0.5, 0.6) is 0 Å².